The van der Waals surface area contributed by atoms with Gasteiger partial charge in [0.15, 0.2) is 0 Å². The highest BCUT2D eigenvalue weighted by atomic mass is 79.9. The lowest BCUT2D eigenvalue weighted by Crippen LogP contribution is -2.41. The highest BCUT2D eigenvalue weighted by molar-refractivity contribution is 9.10. The summed E-state index contributed by atoms with van der Waals surface area (Å²) in [6.07, 6.45) is 0.969. The van der Waals surface area contributed by atoms with Gasteiger partial charge in [0.05, 0.1) is 0 Å². The van der Waals surface area contributed by atoms with Crippen LogP contribution < -0.4 is 10.5 Å². The molecule has 0 amide bonds. The summed E-state index contributed by atoms with van der Waals surface area (Å²) in [5.74, 6) is 0.977. The molecule has 0 bridgehead atoms. The Morgan fingerprint density at radius 2 is 2.06 bits per heavy atom. The van der Waals surface area contributed by atoms with E-state index >= 15 is 0 Å². The van der Waals surface area contributed by atoms with Gasteiger partial charge in [-0.2, -0.15) is 0 Å². The van der Waals surface area contributed by atoms with Gasteiger partial charge in [0, 0.05) is 16.1 Å². The average Bonchev–Trinajstić information content (AvgIpc) is 2.31. The second-order valence-corrected chi connectivity index (χ2v) is 5.51. The Kier molecular flexibility index (Phi) is 2.60. The fourth-order valence-corrected chi connectivity index (χ4v) is 2.71. The van der Waals surface area contributed by atoms with Crippen molar-refractivity contribution in [1.29, 1.82) is 0 Å². The van der Waals surface area contributed by atoms with E-state index in [0.717, 1.165) is 16.6 Å². The van der Waals surface area contributed by atoms with Gasteiger partial charge in [-0.05, 0) is 42.3 Å². The van der Waals surface area contributed by atoms with Crippen LogP contribution in [0.2, 0.25) is 0 Å². The molecule has 2 atom stereocenters. The molecule has 0 saturated carbocycles. The standard InChI is InChI=1S/C14H14BrNO/c1-8-13(16)7-12-11-6-10(15)4-2-9(11)3-5-14(12)17-8/h2-6,8,13H,7,16H2,1H3. The summed E-state index contributed by atoms with van der Waals surface area (Å²) in [6, 6.07) is 10.5. The first-order valence-electron chi connectivity index (χ1n) is 5.78. The van der Waals surface area contributed by atoms with Gasteiger partial charge in [-0.1, -0.05) is 28.1 Å². The Labute approximate surface area is 109 Å². The van der Waals surface area contributed by atoms with E-state index in [2.05, 4.69) is 40.2 Å². The Hall–Kier alpha value is -1.06. The lowest BCUT2D eigenvalue weighted by atomic mass is 9.94. The molecule has 0 aromatic heterocycles. The molecule has 2 N–H and O–H groups in total. The quantitative estimate of drug-likeness (QED) is 0.809. The zero-order valence-corrected chi connectivity index (χ0v) is 11.2. The van der Waals surface area contributed by atoms with E-state index in [1.165, 1.54) is 16.3 Å². The summed E-state index contributed by atoms with van der Waals surface area (Å²) in [4.78, 5) is 0. The summed E-state index contributed by atoms with van der Waals surface area (Å²) < 4.78 is 6.94. The number of benzene rings is 2. The normalized spacial score (nSPS) is 23.2. The number of fused-ring (bicyclic) bond motifs is 3. The Morgan fingerprint density at radius 3 is 2.88 bits per heavy atom. The first-order chi connectivity index (χ1) is 8.15. The van der Waals surface area contributed by atoms with E-state index in [4.69, 9.17) is 10.5 Å². The SMILES string of the molecule is CC1Oc2ccc3ccc(Br)cc3c2CC1N. The number of ether oxygens (including phenoxy) is 1. The van der Waals surface area contributed by atoms with Crippen LogP contribution in [0.3, 0.4) is 0 Å². The van der Waals surface area contributed by atoms with Crippen LogP contribution >= 0.6 is 15.9 Å². The van der Waals surface area contributed by atoms with Crippen LogP contribution in [-0.4, -0.2) is 12.1 Å². The molecule has 0 radical (unpaired) electrons. The van der Waals surface area contributed by atoms with E-state index in [1.54, 1.807) is 0 Å². The third kappa shape index (κ3) is 1.83. The van der Waals surface area contributed by atoms with Gasteiger partial charge in [0.1, 0.15) is 11.9 Å². The van der Waals surface area contributed by atoms with Crippen LogP contribution in [0.15, 0.2) is 34.8 Å². The third-order valence-electron chi connectivity index (χ3n) is 3.41. The molecule has 1 aliphatic heterocycles. The van der Waals surface area contributed by atoms with Gasteiger partial charge in [0.25, 0.3) is 0 Å². The van der Waals surface area contributed by atoms with Crippen LogP contribution in [0.1, 0.15) is 12.5 Å². The smallest absolute Gasteiger partial charge is 0.123 e. The van der Waals surface area contributed by atoms with Crippen molar-refractivity contribution in [1.82, 2.24) is 0 Å². The van der Waals surface area contributed by atoms with Crippen LogP contribution in [0.5, 0.6) is 5.75 Å². The van der Waals surface area contributed by atoms with Crippen molar-refractivity contribution in [3.63, 3.8) is 0 Å². The fourth-order valence-electron chi connectivity index (χ4n) is 2.34. The molecule has 2 nitrogen and oxygen atoms in total. The van der Waals surface area contributed by atoms with Crippen LogP contribution in [0.4, 0.5) is 0 Å². The van der Waals surface area contributed by atoms with Gasteiger partial charge in [0.2, 0.25) is 0 Å². The van der Waals surface area contributed by atoms with Gasteiger partial charge in [-0.15, -0.1) is 0 Å². The summed E-state index contributed by atoms with van der Waals surface area (Å²) in [5, 5.41) is 2.47. The van der Waals surface area contributed by atoms with Crippen LogP contribution in [-0.2, 0) is 6.42 Å². The number of halogens is 1. The highest BCUT2D eigenvalue weighted by Gasteiger charge is 2.24. The zero-order valence-electron chi connectivity index (χ0n) is 9.61. The predicted molar refractivity (Wildman–Crippen MR) is 73.4 cm³/mol. The summed E-state index contributed by atoms with van der Waals surface area (Å²) in [7, 11) is 0. The number of hydrogen-bond donors (Lipinski definition) is 1. The van der Waals surface area contributed by atoms with Crippen molar-refractivity contribution in [3.8, 4) is 5.75 Å². The Bertz CT molecular complexity index is 582. The lowest BCUT2D eigenvalue weighted by molar-refractivity contribution is 0.170. The second-order valence-electron chi connectivity index (χ2n) is 4.60. The maximum atomic E-state index is 6.09. The molecular formula is C14H14BrNO. The summed E-state index contributed by atoms with van der Waals surface area (Å²) in [5.41, 5.74) is 7.32. The monoisotopic (exact) mass is 291 g/mol. The average molecular weight is 292 g/mol. The molecule has 1 aliphatic rings. The van der Waals surface area contributed by atoms with E-state index in [1.807, 2.05) is 13.0 Å². The molecule has 0 saturated heterocycles. The van der Waals surface area contributed by atoms with Crippen molar-refractivity contribution in [2.45, 2.75) is 25.5 Å². The van der Waals surface area contributed by atoms with Crippen molar-refractivity contribution in [2.75, 3.05) is 0 Å². The number of hydrogen-bond acceptors (Lipinski definition) is 2. The molecule has 2 aromatic carbocycles. The molecule has 3 rings (SSSR count). The second kappa shape index (κ2) is 4.00. The molecule has 1 heterocycles. The lowest BCUT2D eigenvalue weighted by Gasteiger charge is -2.29. The third-order valence-corrected chi connectivity index (χ3v) is 3.90. The number of nitrogens with two attached hydrogens (primary N) is 1. The predicted octanol–water partition coefficient (Wildman–Crippen LogP) is 3.25. The Morgan fingerprint density at radius 1 is 1.29 bits per heavy atom. The molecule has 2 aromatic rings. The minimum absolute atomic E-state index is 0.0760. The molecule has 3 heteroatoms. The van der Waals surface area contributed by atoms with Crippen molar-refractivity contribution < 1.29 is 4.74 Å². The van der Waals surface area contributed by atoms with Crippen LogP contribution in [0.25, 0.3) is 10.8 Å². The Balaban J connectivity index is 2.24. The maximum Gasteiger partial charge on any atom is 0.123 e. The van der Waals surface area contributed by atoms with Crippen LogP contribution in [0, 0.1) is 0 Å². The van der Waals surface area contributed by atoms with Gasteiger partial charge in [-0.3, -0.25) is 0 Å². The number of rotatable bonds is 0. The van der Waals surface area contributed by atoms with Gasteiger partial charge < -0.3 is 10.5 Å². The minimum atomic E-state index is 0.0760. The van der Waals surface area contributed by atoms with Crippen molar-refractivity contribution >= 4 is 26.7 Å². The van der Waals surface area contributed by atoms with E-state index in [0.29, 0.717) is 0 Å². The highest BCUT2D eigenvalue weighted by Crippen LogP contribution is 2.34. The van der Waals surface area contributed by atoms with E-state index in [9.17, 15) is 0 Å². The largest absolute Gasteiger partial charge is 0.489 e. The van der Waals surface area contributed by atoms with Gasteiger partial charge >= 0.3 is 0 Å². The molecule has 2 unspecified atom stereocenters. The zero-order chi connectivity index (χ0) is 12.0. The first kappa shape index (κ1) is 11.1. The minimum Gasteiger partial charge on any atom is -0.489 e. The van der Waals surface area contributed by atoms with Crippen molar-refractivity contribution in [2.24, 2.45) is 5.73 Å². The molecule has 17 heavy (non-hydrogen) atoms. The molecular weight excluding hydrogens is 278 g/mol. The molecule has 88 valence electrons. The summed E-state index contributed by atoms with van der Waals surface area (Å²) >= 11 is 3.52. The molecule has 0 fully saturated rings. The van der Waals surface area contributed by atoms with E-state index in [-0.39, 0.29) is 12.1 Å². The topological polar surface area (TPSA) is 35.2 Å². The molecule has 0 aliphatic carbocycles. The first-order valence-corrected chi connectivity index (χ1v) is 6.58. The fraction of sp³-hybridized carbons (Fsp3) is 0.286. The summed E-state index contributed by atoms with van der Waals surface area (Å²) in [6.45, 7) is 2.03. The van der Waals surface area contributed by atoms with Crippen molar-refractivity contribution in [3.05, 3.63) is 40.4 Å². The van der Waals surface area contributed by atoms with E-state index < -0.39 is 0 Å². The molecule has 0 spiro atoms. The maximum absolute atomic E-state index is 6.09. The van der Waals surface area contributed by atoms with Gasteiger partial charge in [-0.25, -0.2) is 0 Å².